The molecule has 0 aromatic heterocycles. The maximum Gasteiger partial charge on any atom is 0.319 e. The second kappa shape index (κ2) is 8.08. The van der Waals surface area contributed by atoms with Crippen LogP contribution in [-0.4, -0.2) is 49.6 Å². The lowest BCUT2D eigenvalue weighted by atomic mass is 10.2. The van der Waals surface area contributed by atoms with Crippen molar-refractivity contribution in [3.63, 3.8) is 0 Å². The van der Waals surface area contributed by atoms with Gasteiger partial charge in [-0.2, -0.15) is 0 Å². The predicted molar refractivity (Wildman–Crippen MR) is 69.1 cm³/mol. The van der Waals surface area contributed by atoms with Gasteiger partial charge in [0.2, 0.25) is 5.91 Å². The van der Waals surface area contributed by atoms with Crippen molar-refractivity contribution < 1.29 is 14.3 Å². The van der Waals surface area contributed by atoms with E-state index in [9.17, 15) is 9.59 Å². The van der Waals surface area contributed by atoms with Crippen molar-refractivity contribution in [1.29, 1.82) is 0 Å². The number of nitrogens with zero attached hydrogens (tertiary/aromatic N) is 1. The molecule has 1 saturated carbocycles. The first-order valence-corrected chi connectivity index (χ1v) is 6.75. The first kappa shape index (κ1) is 15.0. The highest BCUT2D eigenvalue weighted by molar-refractivity contribution is 5.76. The first-order valence-electron chi connectivity index (χ1n) is 6.75. The minimum atomic E-state index is -0.224. The molecule has 1 N–H and O–H groups in total. The van der Waals surface area contributed by atoms with Gasteiger partial charge in [0.25, 0.3) is 0 Å². The first-order chi connectivity index (χ1) is 8.67. The zero-order valence-corrected chi connectivity index (χ0v) is 11.4. The van der Waals surface area contributed by atoms with Gasteiger partial charge in [0.05, 0.1) is 13.7 Å². The molecule has 0 atom stereocenters. The van der Waals surface area contributed by atoms with Crippen molar-refractivity contribution in [2.24, 2.45) is 0 Å². The number of nitrogens with one attached hydrogen (secondary N) is 1. The zero-order chi connectivity index (χ0) is 13.4. The van der Waals surface area contributed by atoms with E-state index in [2.05, 4.69) is 10.2 Å². The summed E-state index contributed by atoms with van der Waals surface area (Å²) in [6, 6.07) is 0.429. The van der Waals surface area contributed by atoms with Gasteiger partial charge in [-0.3, -0.25) is 14.5 Å². The molecular formula is C13H24N2O3. The second-order valence-corrected chi connectivity index (χ2v) is 4.69. The highest BCUT2D eigenvalue weighted by atomic mass is 16.5. The summed E-state index contributed by atoms with van der Waals surface area (Å²) in [5, 5.41) is 2.78. The second-order valence-electron chi connectivity index (χ2n) is 4.69. The highest BCUT2D eigenvalue weighted by Crippen LogP contribution is 2.23. The molecule has 0 aromatic rings. The number of carbonyl (C=O) groups excluding carboxylic acids is 2. The monoisotopic (exact) mass is 256 g/mol. The summed E-state index contributed by atoms with van der Waals surface area (Å²) in [6.07, 6.45) is 5.10. The van der Waals surface area contributed by atoms with Gasteiger partial charge in [-0.15, -0.1) is 0 Å². The maximum atomic E-state index is 11.5. The van der Waals surface area contributed by atoms with Gasteiger partial charge < -0.3 is 10.1 Å². The molecule has 0 spiro atoms. The van der Waals surface area contributed by atoms with Crippen LogP contribution < -0.4 is 5.32 Å². The van der Waals surface area contributed by atoms with Gasteiger partial charge in [-0.1, -0.05) is 12.8 Å². The zero-order valence-electron chi connectivity index (χ0n) is 11.4. The van der Waals surface area contributed by atoms with Gasteiger partial charge in [0, 0.05) is 25.6 Å². The number of amides is 1. The van der Waals surface area contributed by atoms with Crippen LogP contribution in [0.25, 0.3) is 0 Å². The van der Waals surface area contributed by atoms with Gasteiger partial charge in [0.1, 0.15) is 0 Å². The molecule has 0 bridgehead atoms. The van der Waals surface area contributed by atoms with E-state index < -0.39 is 0 Å². The molecule has 0 aliphatic heterocycles. The van der Waals surface area contributed by atoms with E-state index in [0.29, 0.717) is 32.1 Å². The largest absolute Gasteiger partial charge is 0.468 e. The van der Waals surface area contributed by atoms with Gasteiger partial charge in [-0.25, -0.2) is 0 Å². The number of hydrogen-bond donors (Lipinski definition) is 1. The Hall–Kier alpha value is -1.10. The minimum absolute atomic E-state index is 0.0466. The fraction of sp³-hybridized carbons (Fsp3) is 0.846. The summed E-state index contributed by atoms with van der Waals surface area (Å²) < 4.78 is 4.71. The van der Waals surface area contributed by atoms with Crippen LogP contribution in [0, 0.1) is 0 Å². The Morgan fingerprint density at radius 2 is 2.00 bits per heavy atom. The quantitative estimate of drug-likeness (QED) is 0.688. The van der Waals surface area contributed by atoms with Crippen LogP contribution in [0.3, 0.4) is 0 Å². The summed E-state index contributed by atoms with van der Waals surface area (Å²) in [5.74, 6) is -0.178. The predicted octanol–water partition coefficient (Wildman–Crippen LogP) is 0.930. The summed E-state index contributed by atoms with van der Waals surface area (Å²) in [5.41, 5.74) is 0. The fourth-order valence-electron chi connectivity index (χ4n) is 2.42. The normalized spacial score (nSPS) is 15.9. The summed E-state index contributed by atoms with van der Waals surface area (Å²) >= 11 is 0. The molecule has 0 aromatic carbocycles. The molecule has 1 aliphatic carbocycles. The van der Waals surface area contributed by atoms with Crippen LogP contribution in [0.4, 0.5) is 0 Å². The molecule has 1 amide bonds. The van der Waals surface area contributed by atoms with E-state index in [-0.39, 0.29) is 11.9 Å². The Morgan fingerprint density at radius 3 is 2.56 bits per heavy atom. The van der Waals surface area contributed by atoms with E-state index in [0.717, 1.165) is 12.8 Å². The third kappa shape index (κ3) is 5.04. The minimum Gasteiger partial charge on any atom is -0.468 e. The van der Waals surface area contributed by atoms with Crippen molar-refractivity contribution in [2.75, 3.05) is 26.7 Å². The molecular weight excluding hydrogens is 232 g/mol. The van der Waals surface area contributed by atoms with Crippen LogP contribution in [0.5, 0.6) is 0 Å². The third-order valence-corrected chi connectivity index (χ3v) is 3.40. The standard InChI is InChI=1S/C13H24N2O3/c1-3-14-12(16)8-9-15(10-13(17)18-2)11-6-4-5-7-11/h11H,3-10H2,1-2H3,(H,14,16). The van der Waals surface area contributed by atoms with Crippen LogP contribution in [0.1, 0.15) is 39.0 Å². The van der Waals surface area contributed by atoms with Gasteiger partial charge >= 0.3 is 5.97 Å². The van der Waals surface area contributed by atoms with Crippen molar-refractivity contribution in [2.45, 2.75) is 45.1 Å². The van der Waals surface area contributed by atoms with Gasteiger partial charge in [-0.05, 0) is 19.8 Å². The number of esters is 1. The Labute approximate surface area is 109 Å². The molecule has 0 radical (unpaired) electrons. The lowest BCUT2D eigenvalue weighted by Gasteiger charge is -2.27. The smallest absolute Gasteiger partial charge is 0.319 e. The molecule has 5 heteroatoms. The topological polar surface area (TPSA) is 58.6 Å². The molecule has 1 aliphatic rings. The Kier molecular flexibility index (Phi) is 6.72. The Bertz CT molecular complexity index is 275. The average Bonchev–Trinajstić information content (AvgIpc) is 2.88. The molecule has 0 unspecified atom stereocenters. The Morgan fingerprint density at radius 1 is 1.33 bits per heavy atom. The Balaban J connectivity index is 2.43. The lowest BCUT2D eigenvalue weighted by molar-refractivity contribution is -0.142. The average molecular weight is 256 g/mol. The van der Waals surface area contributed by atoms with Crippen molar-refractivity contribution in [3.8, 4) is 0 Å². The number of carbonyl (C=O) groups is 2. The SMILES string of the molecule is CCNC(=O)CCN(CC(=O)OC)C1CCCC1. The summed E-state index contributed by atoms with van der Waals surface area (Å²) in [7, 11) is 1.40. The van der Waals surface area contributed by atoms with E-state index in [4.69, 9.17) is 4.74 Å². The molecule has 5 nitrogen and oxygen atoms in total. The molecule has 104 valence electrons. The number of methoxy groups -OCH3 is 1. The number of ether oxygens (including phenoxy) is 1. The van der Waals surface area contributed by atoms with Gasteiger partial charge in [0.15, 0.2) is 0 Å². The summed E-state index contributed by atoms with van der Waals surface area (Å²) in [4.78, 5) is 24.9. The molecule has 1 rings (SSSR count). The molecule has 18 heavy (non-hydrogen) atoms. The van der Waals surface area contributed by atoms with Crippen LogP contribution in [0.2, 0.25) is 0 Å². The van der Waals surface area contributed by atoms with Crippen molar-refractivity contribution >= 4 is 11.9 Å². The van der Waals surface area contributed by atoms with Crippen LogP contribution in [0.15, 0.2) is 0 Å². The summed E-state index contributed by atoms with van der Waals surface area (Å²) in [6.45, 7) is 3.48. The maximum absolute atomic E-state index is 11.5. The van der Waals surface area contributed by atoms with Crippen LogP contribution >= 0.6 is 0 Å². The van der Waals surface area contributed by atoms with Crippen molar-refractivity contribution in [1.82, 2.24) is 10.2 Å². The van der Waals surface area contributed by atoms with E-state index in [1.165, 1.54) is 20.0 Å². The number of hydrogen-bond acceptors (Lipinski definition) is 4. The van der Waals surface area contributed by atoms with Crippen molar-refractivity contribution in [3.05, 3.63) is 0 Å². The van der Waals surface area contributed by atoms with Crippen LogP contribution in [-0.2, 0) is 14.3 Å². The lowest BCUT2D eigenvalue weighted by Crippen LogP contribution is -2.40. The van der Waals surface area contributed by atoms with E-state index in [1.807, 2.05) is 6.92 Å². The third-order valence-electron chi connectivity index (χ3n) is 3.40. The molecule has 0 saturated heterocycles. The van der Waals surface area contributed by atoms with E-state index in [1.54, 1.807) is 0 Å². The fourth-order valence-corrected chi connectivity index (χ4v) is 2.42. The van der Waals surface area contributed by atoms with E-state index >= 15 is 0 Å². The molecule has 0 heterocycles. The molecule has 1 fully saturated rings. The number of rotatable bonds is 7. The highest BCUT2D eigenvalue weighted by Gasteiger charge is 2.24.